The summed E-state index contributed by atoms with van der Waals surface area (Å²) in [5.74, 6) is 0.694. The normalized spacial score (nSPS) is 15.1. The molecule has 0 atom stereocenters. The van der Waals surface area contributed by atoms with Crippen LogP contribution in [0, 0.1) is 6.92 Å². The summed E-state index contributed by atoms with van der Waals surface area (Å²) in [7, 11) is -3.62. The molecule has 0 amide bonds. The van der Waals surface area contributed by atoms with E-state index >= 15 is 0 Å². The summed E-state index contributed by atoms with van der Waals surface area (Å²) in [6.45, 7) is 3.95. The SMILES string of the molecule is Cc1cc(CNS(=O)(=O)c2ccc3ccccc3c2)nc(N2CCCCC2)n1. The molecule has 3 aromatic rings. The molecule has 28 heavy (non-hydrogen) atoms. The van der Waals surface area contributed by atoms with E-state index in [4.69, 9.17) is 0 Å². The van der Waals surface area contributed by atoms with E-state index in [0.29, 0.717) is 11.6 Å². The summed E-state index contributed by atoms with van der Waals surface area (Å²) in [5.41, 5.74) is 1.52. The van der Waals surface area contributed by atoms with E-state index in [2.05, 4.69) is 19.6 Å². The molecule has 2 heterocycles. The largest absolute Gasteiger partial charge is 0.341 e. The predicted octanol–water partition coefficient (Wildman–Crippen LogP) is 3.41. The first kappa shape index (κ1) is 18.8. The fraction of sp³-hybridized carbons (Fsp3) is 0.333. The maximum Gasteiger partial charge on any atom is 0.240 e. The molecule has 2 aromatic carbocycles. The van der Waals surface area contributed by atoms with E-state index in [9.17, 15) is 8.42 Å². The van der Waals surface area contributed by atoms with Crippen molar-refractivity contribution >= 4 is 26.7 Å². The molecule has 1 aromatic heterocycles. The number of hydrogen-bond donors (Lipinski definition) is 1. The second-order valence-electron chi connectivity index (χ2n) is 7.18. The Bertz CT molecular complexity index is 1090. The Hall–Kier alpha value is -2.51. The molecule has 7 heteroatoms. The van der Waals surface area contributed by atoms with E-state index in [1.165, 1.54) is 6.42 Å². The molecule has 1 fully saturated rings. The fourth-order valence-corrected chi connectivity index (χ4v) is 4.56. The van der Waals surface area contributed by atoms with E-state index in [0.717, 1.165) is 42.4 Å². The van der Waals surface area contributed by atoms with Crippen LogP contribution >= 0.6 is 0 Å². The van der Waals surface area contributed by atoms with E-state index < -0.39 is 10.0 Å². The topological polar surface area (TPSA) is 75.2 Å². The molecule has 0 radical (unpaired) electrons. The highest BCUT2D eigenvalue weighted by Gasteiger charge is 2.17. The molecule has 0 saturated carbocycles. The van der Waals surface area contributed by atoms with E-state index in [-0.39, 0.29) is 11.4 Å². The molecule has 6 nitrogen and oxygen atoms in total. The van der Waals surface area contributed by atoms with Crippen molar-refractivity contribution < 1.29 is 8.42 Å². The molecular formula is C21H24N4O2S. The van der Waals surface area contributed by atoms with Gasteiger partial charge >= 0.3 is 0 Å². The number of aromatic nitrogens is 2. The van der Waals surface area contributed by atoms with Crippen LogP contribution < -0.4 is 9.62 Å². The number of piperidine rings is 1. The van der Waals surface area contributed by atoms with Crippen LogP contribution in [0.3, 0.4) is 0 Å². The van der Waals surface area contributed by atoms with Gasteiger partial charge in [0.15, 0.2) is 0 Å². The highest BCUT2D eigenvalue weighted by Crippen LogP contribution is 2.20. The van der Waals surface area contributed by atoms with Gasteiger partial charge in [-0.2, -0.15) is 0 Å². The van der Waals surface area contributed by atoms with Gasteiger partial charge in [-0.25, -0.2) is 23.1 Å². The van der Waals surface area contributed by atoms with Crippen molar-refractivity contribution in [3.05, 3.63) is 59.9 Å². The monoisotopic (exact) mass is 396 g/mol. The summed E-state index contributed by atoms with van der Waals surface area (Å²) in [6, 6.07) is 14.7. The number of anilines is 1. The Morgan fingerprint density at radius 2 is 1.71 bits per heavy atom. The molecule has 0 bridgehead atoms. The van der Waals surface area contributed by atoms with Crippen molar-refractivity contribution in [2.24, 2.45) is 0 Å². The average Bonchev–Trinajstić information content (AvgIpc) is 2.72. The lowest BCUT2D eigenvalue weighted by atomic mass is 10.1. The molecule has 0 spiro atoms. The zero-order valence-electron chi connectivity index (χ0n) is 15.9. The third-order valence-electron chi connectivity index (χ3n) is 5.01. The summed E-state index contributed by atoms with van der Waals surface area (Å²) >= 11 is 0. The van der Waals surface area contributed by atoms with Crippen LogP contribution in [0.2, 0.25) is 0 Å². The van der Waals surface area contributed by atoms with Crippen LogP contribution in [0.5, 0.6) is 0 Å². The van der Waals surface area contributed by atoms with Crippen LogP contribution in [0.4, 0.5) is 5.95 Å². The van der Waals surface area contributed by atoms with Gasteiger partial charge in [-0.05, 0) is 55.2 Å². The zero-order valence-corrected chi connectivity index (χ0v) is 16.7. The zero-order chi connectivity index (χ0) is 19.6. The Morgan fingerprint density at radius 3 is 2.50 bits per heavy atom. The fourth-order valence-electron chi connectivity index (χ4n) is 3.53. The van der Waals surface area contributed by atoms with Crippen LogP contribution in [0.1, 0.15) is 30.7 Å². The third-order valence-corrected chi connectivity index (χ3v) is 6.41. The first-order chi connectivity index (χ1) is 13.5. The average molecular weight is 397 g/mol. The van der Waals surface area contributed by atoms with E-state index in [1.807, 2.05) is 43.3 Å². The Morgan fingerprint density at radius 1 is 0.964 bits per heavy atom. The summed E-state index contributed by atoms with van der Waals surface area (Å²) in [4.78, 5) is 11.6. The van der Waals surface area contributed by atoms with Crippen molar-refractivity contribution in [1.82, 2.24) is 14.7 Å². The maximum absolute atomic E-state index is 12.8. The smallest absolute Gasteiger partial charge is 0.240 e. The minimum absolute atomic E-state index is 0.138. The van der Waals surface area contributed by atoms with Crippen LogP contribution in [-0.4, -0.2) is 31.5 Å². The van der Waals surface area contributed by atoms with Crippen molar-refractivity contribution in [3.8, 4) is 0 Å². The molecule has 1 aliphatic rings. The second kappa shape index (κ2) is 7.85. The summed E-state index contributed by atoms with van der Waals surface area (Å²) in [6.07, 6.45) is 3.52. The molecule has 1 saturated heterocycles. The molecule has 0 aliphatic carbocycles. The molecular weight excluding hydrogens is 372 g/mol. The highest BCUT2D eigenvalue weighted by atomic mass is 32.2. The number of rotatable bonds is 5. The lowest BCUT2D eigenvalue weighted by Crippen LogP contribution is -2.32. The second-order valence-corrected chi connectivity index (χ2v) is 8.95. The van der Waals surface area contributed by atoms with Gasteiger partial charge in [0.2, 0.25) is 16.0 Å². The van der Waals surface area contributed by atoms with Crippen LogP contribution in [0.15, 0.2) is 53.4 Å². The van der Waals surface area contributed by atoms with Gasteiger partial charge in [-0.3, -0.25) is 0 Å². The number of sulfonamides is 1. The standard InChI is InChI=1S/C21H24N4O2S/c1-16-13-19(24-21(23-16)25-11-5-2-6-12-25)15-22-28(26,27)20-10-9-17-7-3-4-8-18(17)14-20/h3-4,7-10,13-14,22H,2,5-6,11-12,15H2,1H3. The van der Waals surface area contributed by atoms with Gasteiger partial charge < -0.3 is 4.90 Å². The number of nitrogens with zero attached hydrogens (tertiary/aromatic N) is 3. The summed E-state index contributed by atoms with van der Waals surface area (Å²) in [5, 5.41) is 1.91. The van der Waals surface area contributed by atoms with Crippen molar-refractivity contribution in [3.63, 3.8) is 0 Å². The van der Waals surface area contributed by atoms with Gasteiger partial charge in [0.25, 0.3) is 0 Å². The molecule has 1 aliphatic heterocycles. The number of fused-ring (bicyclic) bond motifs is 1. The van der Waals surface area contributed by atoms with Gasteiger partial charge in [-0.1, -0.05) is 30.3 Å². The first-order valence-corrected chi connectivity index (χ1v) is 11.1. The number of aryl methyl sites for hydroxylation is 1. The van der Waals surface area contributed by atoms with Gasteiger partial charge in [-0.15, -0.1) is 0 Å². The van der Waals surface area contributed by atoms with Gasteiger partial charge in [0, 0.05) is 18.8 Å². The number of nitrogens with one attached hydrogen (secondary N) is 1. The van der Waals surface area contributed by atoms with E-state index in [1.54, 1.807) is 12.1 Å². The Labute approximate surface area is 165 Å². The number of benzene rings is 2. The van der Waals surface area contributed by atoms with Crippen molar-refractivity contribution in [2.75, 3.05) is 18.0 Å². The Kier molecular flexibility index (Phi) is 5.28. The lowest BCUT2D eigenvalue weighted by molar-refractivity contribution is 0.565. The van der Waals surface area contributed by atoms with Crippen LogP contribution in [-0.2, 0) is 16.6 Å². The van der Waals surface area contributed by atoms with Crippen molar-refractivity contribution in [1.29, 1.82) is 0 Å². The minimum Gasteiger partial charge on any atom is -0.341 e. The maximum atomic E-state index is 12.8. The first-order valence-electron chi connectivity index (χ1n) is 9.59. The van der Waals surface area contributed by atoms with Crippen LogP contribution in [0.25, 0.3) is 10.8 Å². The van der Waals surface area contributed by atoms with Gasteiger partial charge in [0.1, 0.15) is 0 Å². The summed E-state index contributed by atoms with van der Waals surface area (Å²) < 4.78 is 28.2. The Balaban J connectivity index is 1.53. The predicted molar refractivity (Wildman–Crippen MR) is 111 cm³/mol. The number of hydrogen-bond acceptors (Lipinski definition) is 5. The minimum atomic E-state index is -3.62. The third kappa shape index (κ3) is 4.15. The molecule has 1 N–H and O–H groups in total. The highest BCUT2D eigenvalue weighted by molar-refractivity contribution is 7.89. The molecule has 146 valence electrons. The van der Waals surface area contributed by atoms with Gasteiger partial charge in [0.05, 0.1) is 17.1 Å². The lowest BCUT2D eigenvalue weighted by Gasteiger charge is -2.27. The van der Waals surface area contributed by atoms with Crippen molar-refractivity contribution in [2.45, 2.75) is 37.6 Å². The quantitative estimate of drug-likeness (QED) is 0.715. The molecule has 0 unspecified atom stereocenters. The molecule has 4 rings (SSSR count).